The number of hydrogen-bond donors (Lipinski definition) is 0. The fourth-order valence-corrected chi connectivity index (χ4v) is 1.51. The number of nitrogens with zero attached hydrogens (tertiary/aromatic N) is 2. The van der Waals surface area contributed by atoms with Gasteiger partial charge in [0.2, 0.25) is 15.7 Å². The minimum Gasteiger partial charge on any atom is -0.478 e. The van der Waals surface area contributed by atoms with E-state index in [1.54, 1.807) is 6.92 Å². The Kier molecular flexibility index (Phi) is 3.28. The molecule has 0 aliphatic heterocycles. The maximum Gasteiger partial charge on any atom is 0.251 e. The van der Waals surface area contributed by atoms with Crippen molar-refractivity contribution < 1.29 is 13.2 Å². The Morgan fingerprint density at radius 1 is 1.50 bits per heavy atom. The Morgan fingerprint density at radius 3 is 2.64 bits per heavy atom. The van der Waals surface area contributed by atoms with Gasteiger partial charge in [-0.1, -0.05) is 11.6 Å². The first kappa shape index (κ1) is 11.2. The monoisotopic (exact) mass is 236 g/mol. The highest BCUT2D eigenvalue weighted by Crippen LogP contribution is 2.15. The van der Waals surface area contributed by atoms with Gasteiger partial charge in [-0.15, -0.1) is 0 Å². The smallest absolute Gasteiger partial charge is 0.251 e. The highest BCUT2D eigenvalue weighted by molar-refractivity contribution is 7.90. The van der Waals surface area contributed by atoms with Crippen molar-refractivity contribution in [1.82, 2.24) is 9.97 Å². The van der Waals surface area contributed by atoms with Crippen LogP contribution in [0.15, 0.2) is 11.2 Å². The standard InChI is InChI=1S/C7H9ClN2O3S/c1-3-13-6-4-5(8)9-7(10-6)14(2,11)12/h4H,3H2,1-2H3. The topological polar surface area (TPSA) is 69.2 Å². The molecule has 0 N–H and O–H groups in total. The minimum atomic E-state index is -3.45. The van der Waals surface area contributed by atoms with E-state index < -0.39 is 9.84 Å². The molecule has 1 rings (SSSR count). The molecule has 78 valence electrons. The molecular weight excluding hydrogens is 228 g/mol. The van der Waals surface area contributed by atoms with E-state index in [1.165, 1.54) is 6.07 Å². The van der Waals surface area contributed by atoms with Gasteiger partial charge in [0.05, 0.1) is 6.61 Å². The molecule has 0 radical (unpaired) electrons. The molecule has 0 saturated carbocycles. The first-order chi connectivity index (χ1) is 6.43. The normalized spacial score (nSPS) is 11.4. The van der Waals surface area contributed by atoms with Crippen LogP contribution < -0.4 is 4.74 Å². The molecular formula is C7H9ClN2O3S. The van der Waals surface area contributed by atoms with E-state index in [9.17, 15) is 8.42 Å². The maximum atomic E-state index is 11.1. The molecule has 1 aromatic rings. The second-order valence-electron chi connectivity index (χ2n) is 2.52. The quantitative estimate of drug-likeness (QED) is 0.577. The molecule has 14 heavy (non-hydrogen) atoms. The number of hydrogen-bond acceptors (Lipinski definition) is 5. The molecule has 1 heterocycles. The predicted octanol–water partition coefficient (Wildman–Crippen LogP) is 0.932. The van der Waals surface area contributed by atoms with Gasteiger partial charge in [0.25, 0.3) is 5.16 Å². The van der Waals surface area contributed by atoms with E-state index in [-0.39, 0.29) is 16.2 Å². The highest BCUT2D eigenvalue weighted by Gasteiger charge is 2.13. The Labute approximate surface area is 87.0 Å². The molecule has 0 saturated heterocycles. The Balaban J connectivity index is 3.21. The van der Waals surface area contributed by atoms with E-state index >= 15 is 0 Å². The Morgan fingerprint density at radius 2 is 2.14 bits per heavy atom. The average Bonchev–Trinajstić information content (AvgIpc) is 2.02. The van der Waals surface area contributed by atoms with E-state index in [0.717, 1.165) is 6.26 Å². The lowest BCUT2D eigenvalue weighted by molar-refractivity contribution is 0.322. The van der Waals surface area contributed by atoms with Crippen LogP contribution >= 0.6 is 11.6 Å². The Hall–Kier alpha value is -0.880. The van der Waals surface area contributed by atoms with Crippen molar-refractivity contribution in [2.45, 2.75) is 12.1 Å². The zero-order chi connectivity index (χ0) is 10.8. The molecule has 0 aliphatic rings. The molecule has 1 aromatic heterocycles. The van der Waals surface area contributed by atoms with E-state index in [1.807, 2.05) is 0 Å². The van der Waals surface area contributed by atoms with Crippen LogP contribution in [0.1, 0.15) is 6.92 Å². The summed E-state index contributed by atoms with van der Waals surface area (Å²) in [4.78, 5) is 7.26. The number of ether oxygens (including phenoxy) is 1. The summed E-state index contributed by atoms with van der Waals surface area (Å²) in [5, 5.41) is -0.280. The first-order valence-corrected chi connectivity index (χ1v) is 6.08. The molecule has 0 aliphatic carbocycles. The van der Waals surface area contributed by atoms with Gasteiger partial charge >= 0.3 is 0 Å². The van der Waals surface area contributed by atoms with E-state index in [2.05, 4.69) is 9.97 Å². The fraction of sp³-hybridized carbons (Fsp3) is 0.429. The van der Waals surface area contributed by atoms with Crippen molar-refractivity contribution in [1.29, 1.82) is 0 Å². The SMILES string of the molecule is CCOc1cc(Cl)nc(S(C)(=O)=O)n1. The van der Waals surface area contributed by atoms with Crippen LogP contribution in [-0.4, -0.2) is 31.2 Å². The van der Waals surface area contributed by atoms with Gasteiger partial charge in [-0.25, -0.2) is 13.4 Å². The number of halogens is 1. The van der Waals surface area contributed by atoms with Gasteiger partial charge in [-0.3, -0.25) is 0 Å². The van der Waals surface area contributed by atoms with Gasteiger partial charge in [-0.05, 0) is 6.92 Å². The zero-order valence-electron chi connectivity index (χ0n) is 7.69. The van der Waals surface area contributed by atoms with Crippen molar-refractivity contribution in [3.05, 3.63) is 11.2 Å². The van der Waals surface area contributed by atoms with Crippen molar-refractivity contribution in [3.63, 3.8) is 0 Å². The molecule has 0 aromatic carbocycles. The van der Waals surface area contributed by atoms with Crippen LogP contribution in [-0.2, 0) is 9.84 Å². The molecule has 0 fully saturated rings. The summed E-state index contributed by atoms with van der Waals surface area (Å²) in [7, 11) is -3.45. The molecule has 0 amide bonds. The molecule has 0 bridgehead atoms. The summed E-state index contributed by atoms with van der Waals surface area (Å²) in [6, 6.07) is 1.36. The van der Waals surface area contributed by atoms with E-state index in [4.69, 9.17) is 16.3 Å². The summed E-state index contributed by atoms with van der Waals surface area (Å²) in [6.07, 6.45) is 1.01. The van der Waals surface area contributed by atoms with Crippen LogP contribution in [0.25, 0.3) is 0 Å². The maximum absolute atomic E-state index is 11.1. The summed E-state index contributed by atoms with van der Waals surface area (Å²) in [5.41, 5.74) is 0. The third kappa shape index (κ3) is 2.81. The van der Waals surface area contributed by atoms with Crippen LogP contribution in [0.2, 0.25) is 5.15 Å². The van der Waals surface area contributed by atoms with Crippen LogP contribution in [0, 0.1) is 0 Å². The van der Waals surface area contributed by atoms with Crippen LogP contribution in [0.4, 0.5) is 0 Å². The van der Waals surface area contributed by atoms with Crippen molar-refractivity contribution in [3.8, 4) is 5.88 Å². The van der Waals surface area contributed by atoms with E-state index in [0.29, 0.717) is 6.61 Å². The van der Waals surface area contributed by atoms with Crippen LogP contribution in [0.5, 0.6) is 5.88 Å². The lowest BCUT2D eigenvalue weighted by Crippen LogP contribution is -2.06. The second-order valence-corrected chi connectivity index (χ2v) is 4.81. The molecule has 0 atom stereocenters. The first-order valence-electron chi connectivity index (χ1n) is 3.81. The zero-order valence-corrected chi connectivity index (χ0v) is 9.26. The summed E-state index contributed by atoms with van der Waals surface area (Å²) >= 11 is 5.60. The third-order valence-corrected chi connectivity index (χ3v) is 2.31. The van der Waals surface area contributed by atoms with Gasteiger partial charge < -0.3 is 4.74 Å². The minimum absolute atomic E-state index is 0.0453. The summed E-state index contributed by atoms with van der Waals surface area (Å²) in [6.45, 7) is 2.15. The second kappa shape index (κ2) is 4.10. The summed E-state index contributed by atoms with van der Waals surface area (Å²) < 4.78 is 27.2. The highest BCUT2D eigenvalue weighted by atomic mass is 35.5. The predicted molar refractivity (Wildman–Crippen MR) is 51.3 cm³/mol. The Bertz CT molecular complexity index is 433. The summed E-state index contributed by atoms with van der Waals surface area (Å²) in [5.74, 6) is 0.160. The fourth-order valence-electron chi connectivity index (χ4n) is 0.765. The number of aromatic nitrogens is 2. The van der Waals surface area contributed by atoms with Gasteiger partial charge in [0.1, 0.15) is 5.15 Å². The lowest BCUT2D eigenvalue weighted by Gasteiger charge is -2.03. The number of sulfone groups is 1. The lowest BCUT2D eigenvalue weighted by atomic mass is 10.6. The van der Waals surface area contributed by atoms with Gasteiger partial charge in [-0.2, -0.15) is 4.98 Å². The van der Waals surface area contributed by atoms with Crippen molar-refractivity contribution >= 4 is 21.4 Å². The molecule has 5 nitrogen and oxygen atoms in total. The third-order valence-electron chi connectivity index (χ3n) is 1.27. The molecule has 0 unspecified atom stereocenters. The molecule has 7 heteroatoms. The largest absolute Gasteiger partial charge is 0.478 e. The average molecular weight is 237 g/mol. The van der Waals surface area contributed by atoms with Gasteiger partial charge in [0.15, 0.2) is 0 Å². The molecule has 0 spiro atoms. The van der Waals surface area contributed by atoms with Crippen molar-refractivity contribution in [2.24, 2.45) is 0 Å². The van der Waals surface area contributed by atoms with Gasteiger partial charge in [0, 0.05) is 12.3 Å². The number of rotatable bonds is 3. The van der Waals surface area contributed by atoms with Crippen LogP contribution in [0.3, 0.4) is 0 Å². The van der Waals surface area contributed by atoms with Crippen molar-refractivity contribution in [2.75, 3.05) is 12.9 Å².